The van der Waals surface area contributed by atoms with Crippen molar-refractivity contribution >= 4 is 27.8 Å². The number of imidazole rings is 1. The van der Waals surface area contributed by atoms with Gasteiger partial charge in [-0.1, -0.05) is 30.3 Å². The number of H-pyrrole nitrogens is 1. The second kappa shape index (κ2) is 11.4. The third kappa shape index (κ3) is 5.39. The average molecular weight is 502 g/mol. The summed E-state index contributed by atoms with van der Waals surface area (Å²) >= 11 is 0. The van der Waals surface area contributed by atoms with Crippen LogP contribution < -0.4 is 15.0 Å². The van der Waals surface area contributed by atoms with Crippen molar-refractivity contribution < 1.29 is 9.47 Å². The summed E-state index contributed by atoms with van der Waals surface area (Å²) in [6, 6.07) is 13.2. The number of rotatable bonds is 10. The SMILES string of the molecule is c1ccc2c(OCC3CCCN3c3ncnc4nc[nH]c34)ccc(CNCCCN3CCOCC3)c2c1. The van der Waals surface area contributed by atoms with Gasteiger partial charge in [0.25, 0.3) is 0 Å². The summed E-state index contributed by atoms with van der Waals surface area (Å²) in [6.45, 7) is 8.39. The Kier molecular flexibility index (Phi) is 7.43. The topological polar surface area (TPSA) is 91.4 Å². The minimum absolute atomic E-state index is 0.257. The van der Waals surface area contributed by atoms with E-state index >= 15 is 0 Å². The smallest absolute Gasteiger partial charge is 0.182 e. The van der Waals surface area contributed by atoms with E-state index in [2.05, 4.69) is 71.5 Å². The van der Waals surface area contributed by atoms with E-state index in [-0.39, 0.29) is 6.04 Å². The molecule has 194 valence electrons. The summed E-state index contributed by atoms with van der Waals surface area (Å²) < 4.78 is 11.9. The van der Waals surface area contributed by atoms with E-state index in [0.29, 0.717) is 12.3 Å². The Labute approximate surface area is 217 Å². The van der Waals surface area contributed by atoms with Crippen molar-refractivity contribution in [1.29, 1.82) is 0 Å². The summed E-state index contributed by atoms with van der Waals surface area (Å²) in [4.78, 5) is 21.1. The van der Waals surface area contributed by atoms with Gasteiger partial charge in [0.2, 0.25) is 0 Å². The van der Waals surface area contributed by atoms with Crippen LogP contribution in [0.25, 0.3) is 21.9 Å². The molecule has 0 radical (unpaired) electrons. The van der Waals surface area contributed by atoms with E-state index in [1.54, 1.807) is 12.7 Å². The standard InChI is InChI=1S/C28H35N7O2/c1-2-7-24-23(6-1)21(17-29-10-4-11-34-13-15-36-16-14-34)8-9-25(24)37-18-22-5-3-12-35(22)28-26-27(31-19-30-26)32-20-33-28/h1-2,6-9,19-20,22,29H,3-5,10-18H2,(H,30,31,32,33). The molecular formula is C28H35N7O2. The van der Waals surface area contributed by atoms with E-state index < -0.39 is 0 Å². The van der Waals surface area contributed by atoms with Crippen molar-refractivity contribution in [2.24, 2.45) is 0 Å². The third-order valence-electron chi connectivity index (χ3n) is 7.50. The Morgan fingerprint density at radius 3 is 2.84 bits per heavy atom. The molecule has 0 saturated carbocycles. The second-order valence-corrected chi connectivity index (χ2v) is 9.85. The molecule has 2 aliphatic rings. The Hall–Kier alpha value is -3.27. The van der Waals surface area contributed by atoms with E-state index in [0.717, 1.165) is 94.2 Å². The van der Waals surface area contributed by atoms with Crippen LogP contribution in [-0.4, -0.2) is 83.4 Å². The van der Waals surface area contributed by atoms with E-state index in [1.807, 2.05) is 0 Å². The molecule has 4 aromatic rings. The number of aromatic amines is 1. The predicted molar refractivity (Wildman–Crippen MR) is 145 cm³/mol. The first-order valence-electron chi connectivity index (χ1n) is 13.4. The van der Waals surface area contributed by atoms with Gasteiger partial charge in [0.1, 0.15) is 24.2 Å². The van der Waals surface area contributed by atoms with Gasteiger partial charge in [0.15, 0.2) is 11.5 Å². The lowest BCUT2D eigenvalue weighted by Crippen LogP contribution is -2.37. The van der Waals surface area contributed by atoms with Crippen LogP contribution in [0, 0.1) is 0 Å². The minimum Gasteiger partial charge on any atom is -0.491 e. The van der Waals surface area contributed by atoms with Crippen LogP contribution in [0.5, 0.6) is 5.75 Å². The maximum absolute atomic E-state index is 6.47. The lowest BCUT2D eigenvalue weighted by molar-refractivity contribution is 0.0374. The number of benzene rings is 2. The van der Waals surface area contributed by atoms with Gasteiger partial charge in [-0.05, 0) is 49.4 Å². The maximum atomic E-state index is 6.47. The highest BCUT2D eigenvalue weighted by molar-refractivity contribution is 5.91. The first kappa shape index (κ1) is 24.1. The fourth-order valence-corrected chi connectivity index (χ4v) is 5.53. The van der Waals surface area contributed by atoms with Gasteiger partial charge in [-0.2, -0.15) is 0 Å². The van der Waals surface area contributed by atoms with Crippen LogP contribution in [0.4, 0.5) is 5.82 Å². The molecule has 4 heterocycles. The van der Waals surface area contributed by atoms with Gasteiger partial charge in [0, 0.05) is 31.6 Å². The van der Waals surface area contributed by atoms with Crippen LogP contribution in [0.3, 0.4) is 0 Å². The number of anilines is 1. The van der Waals surface area contributed by atoms with Crippen LogP contribution in [-0.2, 0) is 11.3 Å². The zero-order chi connectivity index (χ0) is 24.9. The highest BCUT2D eigenvalue weighted by Gasteiger charge is 2.28. The summed E-state index contributed by atoms with van der Waals surface area (Å²) in [7, 11) is 0. The van der Waals surface area contributed by atoms with Crippen LogP contribution in [0.15, 0.2) is 49.1 Å². The first-order valence-corrected chi connectivity index (χ1v) is 13.4. The number of nitrogens with zero attached hydrogens (tertiary/aromatic N) is 5. The summed E-state index contributed by atoms with van der Waals surface area (Å²) in [6.07, 6.45) is 6.61. The molecule has 6 rings (SSSR count). The first-order chi connectivity index (χ1) is 18.4. The van der Waals surface area contributed by atoms with Crippen LogP contribution in [0.1, 0.15) is 24.8 Å². The minimum atomic E-state index is 0.257. The number of aromatic nitrogens is 4. The number of hydrogen-bond acceptors (Lipinski definition) is 8. The molecule has 9 heteroatoms. The Bertz CT molecular complexity index is 1320. The van der Waals surface area contributed by atoms with Gasteiger partial charge in [-0.15, -0.1) is 0 Å². The molecule has 9 nitrogen and oxygen atoms in total. The predicted octanol–water partition coefficient (Wildman–Crippen LogP) is 3.37. The molecule has 37 heavy (non-hydrogen) atoms. The number of hydrogen-bond donors (Lipinski definition) is 2. The van der Waals surface area contributed by atoms with Gasteiger partial charge in [0.05, 0.1) is 25.6 Å². The fourth-order valence-electron chi connectivity index (χ4n) is 5.53. The lowest BCUT2D eigenvalue weighted by Gasteiger charge is -2.26. The van der Waals surface area contributed by atoms with Gasteiger partial charge in [-0.3, -0.25) is 4.90 Å². The Balaban J connectivity index is 1.09. The molecule has 2 N–H and O–H groups in total. The van der Waals surface area contributed by atoms with Crippen molar-refractivity contribution in [3.63, 3.8) is 0 Å². The Morgan fingerprint density at radius 1 is 1.03 bits per heavy atom. The normalized spacial score (nSPS) is 18.7. The molecule has 1 atom stereocenters. The molecule has 2 saturated heterocycles. The van der Waals surface area contributed by atoms with Crippen molar-refractivity contribution in [2.45, 2.75) is 31.8 Å². The lowest BCUT2D eigenvalue weighted by atomic mass is 10.0. The maximum Gasteiger partial charge on any atom is 0.182 e. The molecule has 0 spiro atoms. The highest BCUT2D eigenvalue weighted by atomic mass is 16.5. The second-order valence-electron chi connectivity index (χ2n) is 9.85. The van der Waals surface area contributed by atoms with Gasteiger partial charge < -0.3 is 24.7 Å². The van der Waals surface area contributed by atoms with Crippen LogP contribution >= 0.6 is 0 Å². The van der Waals surface area contributed by atoms with E-state index in [1.165, 1.54) is 10.9 Å². The van der Waals surface area contributed by atoms with E-state index in [9.17, 15) is 0 Å². The highest BCUT2D eigenvalue weighted by Crippen LogP contribution is 2.31. The fraction of sp³-hybridized carbons (Fsp3) is 0.464. The van der Waals surface area contributed by atoms with Gasteiger partial charge >= 0.3 is 0 Å². The Morgan fingerprint density at radius 2 is 1.92 bits per heavy atom. The zero-order valence-corrected chi connectivity index (χ0v) is 21.2. The molecule has 0 bridgehead atoms. The van der Waals surface area contributed by atoms with Crippen molar-refractivity contribution in [3.05, 3.63) is 54.6 Å². The quantitative estimate of drug-likeness (QED) is 0.320. The van der Waals surface area contributed by atoms with Gasteiger partial charge in [-0.25, -0.2) is 15.0 Å². The molecule has 2 aromatic heterocycles. The molecule has 0 amide bonds. The molecule has 1 unspecified atom stereocenters. The van der Waals surface area contributed by atoms with E-state index in [4.69, 9.17) is 9.47 Å². The average Bonchev–Trinajstić information content (AvgIpc) is 3.62. The number of ether oxygens (including phenoxy) is 2. The molecular weight excluding hydrogens is 466 g/mol. The van der Waals surface area contributed by atoms with Crippen LogP contribution in [0.2, 0.25) is 0 Å². The molecule has 2 aromatic carbocycles. The third-order valence-corrected chi connectivity index (χ3v) is 7.50. The molecule has 2 aliphatic heterocycles. The monoisotopic (exact) mass is 501 g/mol. The molecule has 0 aliphatic carbocycles. The summed E-state index contributed by atoms with van der Waals surface area (Å²) in [5.74, 6) is 1.85. The number of fused-ring (bicyclic) bond motifs is 2. The zero-order valence-electron chi connectivity index (χ0n) is 21.2. The van der Waals surface area contributed by atoms with Crippen molar-refractivity contribution in [2.75, 3.05) is 57.4 Å². The summed E-state index contributed by atoms with van der Waals surface area (Å²) in [5.41, 5.74) is 2.90. The summed E-state index contributed by atoms with van der Waals surface area (Å²) in [5, 5.41) is 6.05. The molecule has 2 fully saturated rings. The number of nitrogens with one attached hydrogen (secondary N) is 2. The number of morpholine rings is 1. The van der Waals surface area contributed by atoms with Crippen molar-refractivity contribution in [1.82, 2.24) is 30.2 Å². The van der Waals surface area contributed by atoms with Crippen molar-refractivity contribution in [3.8, 4) is 5.75 Å². The largest absolute Gasteiger partial charge is 0.491 e.